The maximum absolute atomic E-state index is 12.6. The molecule has 1 atom stereocenters. The summed E-state index contributed by atoms with van der Waals surface area (Å²) >= 11 is 0. The van der Waals surface area contributed by atoms with E-state index in [2.05, 4.69) is 5.32 Å². The van der Waals surface area contributed by atoms with Gasteiger partial charge in [0.1, 0.15) is 5.75 Å². The first kappa shape index (κ1) is 17.2. The number of benzene rings is 1. The largest absolute Gasteiger partial charge is 0.497 e. The SMILES string of the molecule is COc1ccc(C(=O)C(CC(=O)O)NC(C)(C)C)c(C)c1. The van der Waals surface area contributed by atoms with Gasteiger partial charge in [0.2, 0.25) is 0 Å². The summed E-state index contributed by atoms with van der Waals surface area (Å²) in [5.74, 6) is -0.550. The van der Waals surface area contributed by atoms with Crippen LogP contribution in [-0.2, 0) is 4.79 Å². The third-order valence-corrected chi connectivity index (χ3v) is 3.00. The lowest BCUT2D eigenvalue weighted by Gasteiger charge is -2.27. The third-order valence-electron chi connectivity index (χ3n) is 3.00. The number of carboxylic acids is 1. The minimum Gasteiger partial charge on any atom is -0.497 e. The smallest absolute Gasteiger partial charge is 0.305 e. The molecule has 0 radical (unpaired) electrons. The van der Waals surface area contributed by atoms with E-state index < -0.39 is 12.0 Å². The Morgan fingerprint density at radius 2 is 1.95 bits per heavy atom. The van der Waals surface area contributed by atoms with E-state index in [0.717, 1.165) is 5.56 Å². The van der Waals surface area contributed by atoms with Gasteiger partial charge in [-0.1, -0.05) is 0 Å². The van der Waals surface area contributed by atoms with Crippen molar-refractivity contribution in [2.75, 3.05) is 7.11 Å². The van der Waals surface area contributed by atoms with E-state index in [-0.39, 0.29) is 17.7 Å². The molecular formula is C16H23NO4. The highest BCUT2D eigenvalue weighted by Crippen LogP contribution is 2.19. The second kappa shape index (κ2) is 6.72. The number of carbonyl (C=O) groups is 2. The van der Waals surface area contributed by atoms with E-state index in [1.807, 2.05) is 27.7 Å². The van der Waals surface area contributed by atoms with Crippen LogP contribution in [0.5, 0.6) is 5.75 Å². The van der Waals surface area contributed by atoms with Crippen molar-refractivity contribution in [3.8, 4) is 5.75 Å². The maximum Gasteiger partial charge on any atom is 0.305 e. The van der Waals surface area contributed by atoms with Gasteiger partial charge in [0, 0.05) is 11.1 Å². The molecular weight excluding hydrogens is 270 g/mol. The zero-order valence-electron chi connectivity index (χ0n) is 13.2. The monoisotopic (exact) mass is 293 g/mol. The van der Waals surface area contributed by atoms with Gasteiger partial charge in [-0.3, -0.25) is 9.59 Å². The van der Waals surface area contributed by atoms with Crippen molar-refractivity contribution in [2.24, 2.45) is 0 Å². The summed E-state index contributed by atoms with van der Waals surface area (Å²) in [4.78, 5) is 23.6. The first-order valence-electron chi connectivity index (χ1n) is 6.82. The predicted molar refractivity (Wildman–Crippen MR) is 81.0 cm³/mol. The molecule has 0 saturated heterocycles. The molecule has 0 aliphatic heterocycles. The molecule has 0 fully saturated rings. The molecule has 1 unspecified atom stereocenters. The van der Waals surface area contributed by atoms with E-state index in [0.29, 0.717) is 11.3 Å². The molecule has 2 N–H and O–H groups in total. The maximum atomic E-state index is 12.6. The van der Waals surface area contributed by atoms with Crippen LogP contribution >= 0.6 is 0 Å². The van der Waals surface area contributed by atoms with E-state index in [1.54, 1.807) is 25.3 Å². The fourth-order valence-corrected chi connectivity index (χ4v) is 2.13. The molecule has 0 aromatic heterocycles. The predicted octanol–water partition coefficient (Wildman–Crippen LogP) is 2.42. The number of aliphatic carboxylic acids is 1. The highest BCUT2D eigenvalue weighted by atomic mass is 16.5. The quantitative estimate of drug-likeness (QED) is 0.788. The van der Waals surface area contributed by atoms with Crippen molar-refractivity contribution in [3.05, 3.63) is 29.3 Å². The van der Waals surface area contributed by atoms with Gasteiger partial charge in [-0.05, 0) is 51.5 Å². The van der Waals surface area contributed by atoms with Crippen molar-refractivity contribution in [2.45, 2.75) is 45.7 Å². The highest BCUT2D eigenvalue weighted by Gasteiger charge is 2.27. The summed E-state index contributed by atoms with van der Waals surface area (Å²) in [6, 6.07) is 4.39. The average Bonchev–Trinajstić information content (AvgIpc) is 2.34. The average molecular weight is 293 g/mol. The van der Waals surface area contributed by atoms with E-state index in [4.69, 9.17) is 9.84 Å². The number of Topliss-reactive ketones (excluding diaryl/α,β-unsaturated/α-hetero) is 1. The van der Waals surface area contributed by atoms with E-state index in [1.165, 1.54) is 0 Å². The van der Waals surface area contributed by atoms with Crippen LogP contribution in [0.25, 0.3) is 0 Å². The van der Waals surface area contributed by atoms with Crippen molar-refractivity contribution >= 4 is 11.8 Å². The number of aryl methyl sites for hydroxylation is 1. The van der Waals surface area contributed by atoms with E-state index >= 15 is 0 Å². The van der Waals surface area contributed by atoms with Gasteiger partial charge in [-0.15, -0.1) is 0 Å². The Balaban J connectivity index is 3.07. The lowest BCUT2D eigenvalue weighted by Crippen LogP contribution is -2.48. The molecule has 0 bridgehead atoms. The van der Waals surface area contributed by atoms with Gasteiger partial charge >= 0.3 is 5.97 Å². The molecule has 1 aromatic rings. The number of hydrogen-bond acceptors (Lipinski definition) is 4. The van der Waals surface area contributed by atoms with Gasteiger partial charge in [0.25, 0.3) is 0 Å². The molecule has 21 heavy (non-hydrogen) atoms. The molecule has 0 amide bonds. The van der Waals surface area contributed by atoms with Gasteiger partial charge in [0.05, 0.1) is 19.6 Å². The van der Waals surface area contributed by atoms with Crippen LogP contribution in [0.2, 0.25) is 0 Å². The second-order valence-corrected chi connectivity index (χ2v) is 6.09. The third kappa shape index (κ3) is 5.19. The Morgan fingerprint density at radius 1 is 1.33 bits per heavy atom. The first-order valence-corrected chi connectivity index (χ1v) is 6.82. The molecule has 0 spiro atoms. The summed E-state index contributed by atoms with van der Waals surface area (Å²) in [5, 5.41) is 12.1. The zero-order chi connectivity index (χ0) is 16.2. The zero-order valence-corrected chi connectivity index (χ0v) is 13.2. The van der Waals surface area contributed by atoms with Gasteiger partial charge < -0.3 is 15.2 Å². The Bertz CT molecular complexity index is 532. The highest BCUT2D eigenvalue weighted by molar-refractivity contribution is 6.03. The molecule has 1 rings (SSSR count). The standard InChI is InChI=1S/C16H23NO4/c1-10-8-11(21-5)6-7-12(10)15(20)13(9-14(18)19)17-16(2,3)4/h6-8,13,17H,9H2,1-5H3,(H,18,19). The normalized spacial score (nSPS) is 12.8. The topological polar surface area (TPSA) is 75.6 Å². The number of rotatable bonds is 6. The van der Waals surface area contributed by atoms with Crippen LogP contribution in [0.15, 0.2) is 18.2 Å². The lowest BCUT2D eigenvalue weighted by atomic mass is 9.95. The Kier molecular flexibility index (Phi) is 5.49. The van der Waals surface area contributed by atoms with Crippen molar-refractivity contribution in [3.63, 3.8) is 0 Å². The summed E-state index contributed by atoms with van der Waals surface area (Å²) in [7, 11) is 1.56. The van der Waals surface area contributed by atoms with Crippen LogP contribution in [-0.4, -0.2) is 35.5 Å². The molecule has 0 aliphatic carbocycles. The van der Waals surface area contributed by atoms with Crippen LogP contribution in [0.3, 0.4) is 0 Å². The molecule has 1 aromatic carbocycles. The molecule has 5 nitrogen and oxygen atoms in total. The minimum atomic E-state index is -1.00. The van der Waals surface area contributed by atoms with Crippen molar-refractivity contribution in [1.82, 2.24) is 5.32 Å². The lowest BCUT2D eigenvalue weighted by molar-refractivity contribution is -0.137. The number of carbonyl (C=O) groups excluding carboxylic acids is 1. The number of carboxylic acid groups (broad SMARTS) is 1. The van der Waals surface area contributed by atoms with Crippen LogP contribution in [0.1, 0.15) is 43.1 Å². The molecule has 116 valence electrons. The number of nitrogens with one attached hydrogen (secondary N) is 1. The Hall–Kier alpha value is -1.88. The number of methoxy groups -OCH3 is 1. The van der Waals surface area contributed by atoms with Gasteiger partial charge in [0.15, 0.2) is 5.78 Å². The van der Waals surface area contributed by atoms with Gasteiger partial charge in [-0.2, -0.15) is 0 Å². The summed E-state index contributed by atoms with van der Waals surface area (Å²) in [6.07, 6.45) is -0.248. The van der Waals surface area contributed by atoms with Crippen molar-refractivity contribution in [1.29, 1.82) is 0 Å². The van der Waals surface area contributed by atoms with Crippen LogP contribution < -0.4 is 10.1 Å². The Labute approximate surface area is 125 Å². The summed E-state index contributed by atoms with van der Waals surface area (Å²) < 4.78 is 5.11. The fourth-order valence-electron chi connectivity index (χ4n) is 2.13. The summed E-state index contributed by atoms with van der Waals surface area (Å²) in [6.45, 7) is 7.51. The molecule has 5 heteroatoms. The van der Waals surface area contributed by atoms with Crippen molar-refractivity contribution < 1.29 is 19.4 Å². The summed E-state index contributed by atoms with van der Waals surface area (Å²) in [5.41, 5.74) is 0.931. The Morgan fingerprint density at radius 3 is 2.38 bits per heavy atom. The minimum absolute atomic E-state index is 0.215. The van der Waals surface area contributed by atoms with Gasteiger partial charge in [-0.25, -0.2) is 0 Å². The second-order valence-electron chi connectivity index (χ2n) is 6.09. The van der Waals surface area contributed by atoms with E-state index in [9.17, 15) is 9.59 Å². The number of ketones is 1. The van der Waals surface area contributed by atoms with Crippen LogP contribution in [0, 0.1) is 6.92 Å². The number of hydrogen-bond donors (Lipinski definition) is 2. The fraction of sp³-hybridized carbons (Fsp3) is 0.500. The molecule has 0 saturated carbocycles. The number of ether oxygens (including phenoxy) is 1. The molecule has 0 aliphatic rings. The molecule has 0 heterocycles. The first-order chi connectivity index (χ1) is 9.64. The van der Waals surface area contributed by atoms with Crippen LogP contribution in [0.4, 0.5) is 0 Å².